The molecule has 6 nitrogen and oxygen atoms in total. The van der Waals surface area contributed by atoms with E-state index in [2.05, 4.69) is 10.3 Å². The molecular weight excluding hydrogens is 216 g/mol. The van der Waals surface area contributed by atoms with E-state index in [1.807, 2.05) is 6.26 Å². The van der Waals surface area contributed by atoms with Crippen LogP contribution in [-0.4, -0.2) is 38.1 Å². The lowest BCUT2D eigenvalue weighted by molar-refractivity contribution is 0.0689. The fourth-order valence-corrected chi connectivity index (χ4v) is 1.66. The SMILES string of the molecule is CSCCCn1nnc(C(=O)O)c1CN. The molecule has 0 saturated carbocycles. The molecule has 15 heavy (non-hydrogen) atoms. The van der Waals surface area contributed by atoms with Crippen molar-refractivity contribution in [1.82, 2.24) is 15.0 Å². The van der Waals surface area contributed by atoms with Gasteiger partial charge in [0.25, 0.3) is 0 Å². The highest BCUT2D eigenvalue weighted by atomic mass is 32.2. The lowest BCUT2D eigenvalue weighted by Crippen LogP contribution is -2.13. The van der Waals surface area contributed by atoms with Crippen LogP contribution in [-0.2, 0) is 13.1 Å². The van der Waals surface area contributed by atoms with E-state index < -0.39 is 5.97 Å². The number of rotatable bonds is 6. The molecule has 0 saturated heterocycles. The van der Waals surface area contributed by atoms with Crippen molar-refractivity contribution in [1.29, 1.82) is 0 Å². The van der Waals surface area contributed by atoms with Crippen LogP contribution in [0.25, 0.3) is 0 Å². The van der Waals surface area contributed by atoms with Crippen molar-refractivity contribution in [3.63, 3.8) is 0 Å². The van der Waals surface area contributed by atoms with Crippen molar-refractivity contribution in [3.05, 3.63) is 11.4 Å². The number of carboxylic acids is 1. The summed E-state index contributed by atoms with van der Waals surface area (Å²) in [7, 11) is 0. The van der Waals surface area contributed by atoms with Gasteiger partial charge in [0.1, 0.15) is 0 Å². The number of carbonyl (C=O) groups is 1. The minimum Gasteiger partial charge on any atom is -0.476 e. The summed E-state index contributed by atoms with van der Waals surface area (Å²) in [5.74, 6) is -0.0710. The van der Waals surface area contributed by atoms with Crippen molar-refractivity contribution in [2.45, 2.75) is 19.5 Å². The van der Waals surface area contributed by atoms with Crippen LogP contribution in [0.3, 0.4) is 0 Å². The monoisotopic (exact) mass is 230 g/mol. The molecule has 0 bridgehead atoms. The van der Waals surface area contributed by atoms with E-state index in [-0.39, 0.29) is 12.2 Å². The summed E-state index contributed by atoms with van der Waals surface area (Å²) in [4.78, 5) is 10.7. The van der Waals surface area contributed by atoms with Gasteiger partial charge < -0.3 is 10.8 Å². The Hall–Kier alpha value is -1.08. The van der Waals surface area contributed by atoms with E-state index >= 15 is 0 Å². The molecule has 0 atom stereocenters. The number of carboxylic acid groups (broad SMARTS) is 1. The number of aryl methyl sites for hydroxylation is 1. The number of hydrogen-bond acceptors (Lipinski definition) is 5. The van der Waals surface area contributed by atoms with Crippen LogP contribution in [0.2, 0.25) is 0 Å². The molecule has 0 aliphatic carbocycles. The van der Waals surface area contributed by atoms with Gasteiger partial charge in [-0.25, -0.2) is 9.48 Å². The van der Waals surface area contributed by atoms with Gasteiger partial charge >= 0.3 is 5.97 Å². The van der Waals surface area contributed by atoms with Crippen molar-refractivity contribution in [3.8, 4) is 0 Å². The van der Waals surface area contributed by atoms with E-state index in [1.165, 1.54) is 0 Å². The van der Waals surface area contributed by atoms with Gasteiger partial charge in [0, 0.05) is 13.1 Å². The topological polar surface area (TPSA) is 94.0 Å². The van der Waals surface area contributed by atoms with Gasteiger partial charge in [-0.05, 0) is 18.4 Å². The van der Waals surface area contributed by atoms with Crippen LogP contribution in [0.5, 0.6) is 0 Å². The van der Waals surface area contributed by atoms with Crippen molar-refractivity contribution in [2.24, 2.45) is 5.73 Å². The fraction of sp³-hybridized carbons (Fsp3) is 0.625. The number of nitrogens with zero attached hydrogens (tertiary/aromatic N) is 3. The molecule has 3 N–H and O–H groups in total. The Balaban J connectivity index is 2.75. The molecule has 84 valence electrons. The first-order valence-corrected chi connectivity index (χ1v) is 5.94. The van der Waals surface area contributed by atoms with Crippen LogP contribution >= 0.6 is 11.8 Å². The summed E-state index contributed by atoms with van der Waals surface area (Å²) < 4.78 is 1.57. The van der Waals surface area contributed by atoms with E-state index in [4.69, 9.17) is 10.8 Å². The van der Waals surface area contributed by atoms with Crippen molar-refractivity contribution >= 4 is 17.7 Å². The number of thioether (sulfide) groups is 1. The van der Waals surface area contributed by atoms with Gasteiger partial charge in [0.2, 0.25) is 0 Å². The highest BCUT2D eigenvalue weighted by Gasteiger charge is 2.16. The van der Waals surface area contributed by atoms with Gasteiger partial charge in [0.15, 0.2) is 5.69 Å². The number of aromatic carboxylic acids is 1. The fourth-order valence-electron chi connectivity index (χ4n) is 1.24. The average Bonchev–Trinajstić information content (AvgIpc) is 2.61. The maximum atomic E-state index is 10.7. The highest BCUT2D eigenvalue weighted by Crippen LogP contribution is 2.06. The number of hydrogen-bond donors (Lipinski definition) is 2. The molecule has 1 aromatic rings. The normalized spacial score (nSPS) is 10.5. The van der Waals surface area contributed by atoms with Crippen LogP contribution < -0.4 is 5.73 Å². The minimum absolute atomic E-state index is 0.0401. The number of aromatic nitrogens is 3. The molecular formula is C8H14N4O2S. The standard InChI is InChI=1S/C8H14N4O2S/c1-15-4-2-3-12-6(5-9)7(8(13)14)10-11-12/h2-5,9H2,1H3,(H,13,14). The third-order valence-corrected chi connectivity index (χ3v) is 2.65. The zero-order chi connectivity index (χ0) is 11.3. The first-order chi connectivity index (χ1) is 7.20. The van der Waals surface area contributed by atoms with Gasteiger partial charge in [-0.3, -0.25) is 0 Å². The summed E-state index contributed by atoms with van der Waals surface area (Å²) >= 11 is 1.74. The molecule has 7 heteroatoms. The van der Waals surface area contributed by atoms with Crippen molar-refractivity contribution in [2.75, 3.05) is 12.0 Å². The Bertz CT molecular complexity index is 339. The predicted octanol–water partition coefficient (Wildman–Crippen LogP) is 0.188. The first kappa shape index (κ1) is 12.0. The molecule has 0 amide bonds. The molecule has 0 aromatic carbocycles. The zero-order valence-corrected chi connectivity index (χ0v) is 9.33. The van der Waals surface area contributed by atoms with E-state index in [0.29, 0.717) is 12.2 Å². The first-order valence-electron chi connectivity index (χ1n) is 4.55. The molecule has 0 aliphatic rings. The van der Waals surface area contributed by atoms with Crippen LogP contribution in [0.1, 0.15) is 22.6 Å². The smallest absolute Gasteiger partial charge is 0.358 e. The van der Waals surface area contributed by atoms with E-state index in [0.717, 1.165) is 12.2 Å². The predicted molar refractivity (Wildman–Crippen MR) is 57.9 cm³/mol. The van der Waals surface area contributed by atoms with Gasteiger partial charge in [0.05, 0.1) is 5.69 Å². The highest BCUT2D eigenvalue weighted by molar-refractivity contribution is 7.98. The molecule has 0 unspecified atom stereocenters. The van der Waals surface area contributed by atoms with Gasteiger partial charge in [-0.2, -0.15) is 11.8 Å². The molecule has 0 radical (unpaired) electrons. The second-order valence-corrected chi connectivity index (χ2v) is 3.95. The largest absolute Gasteiger partial charge is 0.476 e. The molecule has 1 rings (SSSR count). The Morgan fingerprint density at radius 1 is 1.67 bits per heavy atom. The van der Waals surface area contributed by atoms with E-state index in [9.17, 15) is 4.79 Å². The molecule has 0 aliphatic heterocycles. The summed E-state index contributed by atoms with van der Waals surface area (Å²) in [5, 5.41) is 16.2. The van der Waals surface area contributed by atoms with Gasteiger partial charge in [-0.1, -0.05) is 5.21 Å². The van der Waals surface area contributed by atoms with Crippen LogP contribution in [0.4, 0.5) is 0 Å². The molecule has 0 spiro atoms. The summed E-state index contributed by atoms with van der Waals surface area (Å²) in [5.41, 5.74) is 5.92. The molecule has 1 heterocycles. The Labute approximate surface area is 91.8 Å². The second-order valence-electron chi connectivity index (χ2n) is 2.96. The Morgan fingerprint density at radius 2 is 2.40 bits per heavy atom. The third kappa shape index (κ3) is 2.93. The Kier molecular flexibility index (Phi) is 4.57. The summed E-state index contributed by atoms with van der Waals surface area (Å²) in [6.07, 6.45) is 2.95. The quantitative estimate of drug-likeness (QED) is 0.677. The second kappa shape index (κ2) is 5.72. The Morgan fingerprint density at radius 3 is 2.93 bits per heavy atom. The van der Waals surface area contributed by atoms with E-state index in [1.54, 1.807) is 16.4 Å². The summed E-state index contributed by atoms with van der Waals surface area (Å²) in [6.45, 7) is 0.807. The van der Waals surface area contributed by atoms with Crippen LogP contribution in [0, 0.1) is 0 Å². The minimum atomic E-state index is -1.08. The van der Waals surface area contributed by atoms with Crippen LogP contribution in [0.15, 0.2) is 0 Å². The summed E-state index contributed by atoms with van der Waals surface area (Å²) in [6, 6.07) is 0. The lowest BCUT2D eigenvalue weighted by Gasteiger charge is -2.03. The van der Waals surface area contributed by atoms with Gasteiger partial charge in [-0.15, -0.1) is 5.10 Å². The maximum absolute atomic E-state index is 10.7. The third-order valence-electron chi connectivity index (χ3n) is 1.95. The molecule has 1 aromatic heterocycles. The molecule has 0 fully saturated rings. The zero-order valence-electron chi connectivity index (χ0n) is 8.51. The number of nitrogens with two attached hydrogens (primary N) is 1. The average molecular weight is 230 g/mol. The maximum Gasteiger partial charge on any atom is 0.358 e. The van der Waals surface area contributed by atoms with Crippen molar-refractivity contribution < 1.29 is 9.90 Å². The lowest BCUT2D eigenvalue weighted by atomic mass is 10.3.